The van der Waals surface area contributed by atoms with Crippen LogP contribution in [0.5, 0.6) is 0 Å². The Hall–Kier alpha value is -1.57. The molecule has 0 amide bonds. The van der Waals surface area contributed by atoms with E-state index >= 15 is 0 Å². The first-order valence-electron chi connectivity index (χ1n) is 5.92. The van der Waals surface area contributed by atoms with Crippen LogP contribution in [0.1, 0.15) is 5.56 Å². The molecular weight excluding hydrogens is 300 g/mol. The number of benzene rings is 1. The Labute approximate surface area is 122 Å². The van der Waals surface area contributed by atoms with E-state index in [1.54, 1.807) is 16.9 Å². The molecule has 0 aliphatic heterocycles. The second-order valence-corrected chi connectivity index (χ2v) is 6.53. The number of aromatic nitrogens is 2. The fraction of sp³-hybridized carbons (Fsp3) is 0.250. The first kappa shape index (κ1) is 14.8. The lowest BCUT2D eigenvalue weighted by Crippen LogP contribution is -2.28. The molecule has 0 bridgehead atoms. The van der Waals surface area contributed by atoms with Crippen molar-refractivity contribution in [3.05, 3.63) is 41.2 Å². The van der Waals surface area contributed by atoms with Crippen LogP contribution in [0.15, 0.2) is 35.5 Å². The molecule has 108 valence electrons. The molecule has 1 aromatic carbocycles. The molecule has 2 rings (SSSR count). The molecule has 20 heavy (non-hydrogen) atoms. The Morgan fingerprint density at radius 1 is 1.45 bits per heavy atom. The minimum Gasteiger partial charge on any atom is -0.398 e. The topological polar surface area (TPSA) is 90.0 Å². The van der Waals surface area contributed by atoms with Gasteiger partial charge < -0.3 is 5.73 Å². The minimum absolute atomic E-state index is 0.0124. The van der Waals surface area contributed by atoms with Gasteiger partial charge >= 0.3 is 0 Å². The van der Waals surface area contributed by atoms with Crippen molar-refractivity contribution in [1.29, 1.82) is 0 Å². The van der Waals surface area contributed by atoms with Gasteiger partial charge in [0.2, 0.25) is 10.0 Å². The number of aryl methyl sites for hydroxylation is 1. The number of nitrogens with zero attached hydrogens (tertiary/aromatic N) is 2. The second-order valence-electron chi connectivity index (χ2n) is 4.36. The Kier molecular flexibility index (Phi) is 4.32. The number of nitrogens with one attached hydrogen (secondary N) is 1. The van der Waals surface area contributed by atoms with Gasteiger partial charge in [0.25, 0.3) is 0 Å². The van der Waals surface area contributed by atoms with Crippen molar-refractivity contribution in [1.82, 2.24) is 14.5 Å². The lowest BCUT2D eigenvalue weighted by Gasteiger charge is -2.09. The molecule has 0 spiro atoms. The summed E-state index contributed by atoms with van der Waals surface area (Å²) >= 11 is 5.79. The van der Waals surface area contributed by atoms with Crippen LogP contribution in [0.25, 0.3) is 0 Å². The Morgan fingerprint density at radius 2 is 2.20 bits per heavy atom. The average Bonchev–Trinajstić information content (AvgIpc) is 2.78. The van der Waals surface area contributed by atoms with Crippen LogP contribution in [0, 0.1) is 6.92 Å². The molecule has 0 atom stereocenters. The van der Waals surface area contributed by atoms with Gasteiger partial charge in [0.1, 0.15) is 4.90 Å². The molecule has 0 unspecified atom stereocenters. The summed E-state index contributed by atoms with van der Waals surface area (Å²) in [7, 11) is -3.68. The van der Waals surface area contributed by atoms with Crippen LogP contribution in [-0.4, -0.2) is 24.7 Å². The molecule has 6 nitrogen and oxygen atoms in total. The summed E-state index contributed by atoms with van der Waals surface area (Å²) in [4.78, 5) is -0.0124. The van der Waals surface area contributed by atoms with Crippen LogP contribution < -0.4 is 10.5 Å². The molecule has 0 saturated carbocycles. The van der Waals surface area contributed by atoms with Crippen molar-refractivity contribution in [2.75, 3.05) is 12.3 Å². The van der Waals surface area contributed by atoms with Gasteiger partial charge in [-0.15, -0.1) is 0 Å². The third-order valence-corrected chi connectivity index (χ3v) is 4.41. The molecular formula is C12H15ClN4O2S. The van der Waals surface area contributed by atoms with Crippen molar-refractivity contribution in [3.63, 3.8) is 0 Å². The predicted molar refractivity (Wildman–Crippen MR) is 78.0 cm³/mol. The second kappa shape index (κ2) is 5.82. The lowest BCUT2D eigenvalue weighted by atomic mass is 10.3. The number of nitrogen functional groups attached to an aromatic ring is 1. The van der Waals surface area contributed by atoms with Crippen LogP contribution in [-0.2, 0) is 16.6 Å². The van der Waals surface area contributed by atoms with Gasteiger partial charge in [-0.1, -0.05) is 11.6 Å². The molecule has 2 aromatic rings. The number of rotatable bonds is 5. The molecule has 0 saturated heterocycles. The van der Waals surface area contributed by atoms with Crippen molar-refractivity contribution in [3.8, 4) is 0 Å². The van der Waals surface area contributed by atoms with Crippen molar-refractivity contribution >= 4 is 27.3 Å². The van der Waals surface area contributed by atoms with Gasteiger partial charge in [0.05, 0.1) is 18.4 Å². The van der Waals surface area contributed by atoms with Crippen LogP contribution in [0.4, 0.5) is 5.69 Å². The number of anilines is 1. The highest BCUT2D eigenvalue weighted by Crippen LogP contribution is 2.22. The standard InChI is InChI=1S/C12H15ClN4O2S/c1-9-7-15-17(8-9)5-4-16-20(18,19)12-6-10(13)2-3-11(12)14/h2-3,6-8,16H,4-5,14H2,1H3. The van der Waals surface area contributed by atoms with Gasteiger partial charge in [-0.3, -0.25) is 4.68 Å². The quantitative estimate of drug-likeness (QED) is 0.816. The number of sulfonamides is 1. The summed E-state index contributed by atoms with van der Waals surface area (Å²) < 4.78 is 28.4. The smallest absolute Gasteiger partial charge is 0.242 e. The lowest BCUT2D eigenvalue weighted by molar-refractivity contribution is 0.561. The maximum absolute atomic E-state index is 12.1. The maximum atomic E-state index is 12.1. The van der Waals surface area contributed by atoms with E-state index in [0.717, 1.165) is 5.56 Å². The van der Waals surface area contributed by atoms with Crippen molar-refractivity contribution < 1.29 is 8.42 Å². The normalized spacial score (nSPS) is 11.7. The first-order chi connectivity index (χ1) is 9.38. The van der Waals surface area contributed by atoms with Crippen LogP contribution in [0.2, 0.25) is 5.02 Å². The molecule has 0 aliphatic rings. The van der Waals surface area contributed by atoms with E-state index < -0.39 is 10.0 Å². The molecule has 1 heterocycles. The molecule has 0 fully saturated rings. The fourth-order valence-electron chi connectivity index (χ4n) is 1.70. The zero-order valence-electron chi connectivity index (χ0n) is 10.9. The molecule has 3 N–H and O–H groups in total. The van der Waals surface area contributed by atoms with E-state index in [1.807, 2.05) is 13.1 Å². The third-order valence-electron chi connectivity index (χ3n) is 2.66. The van der Waals surface area contributed by atoms with E-state index in [4.69, 9.17) is 17.3 Å². The Bertz CT molecular complexity index is 712. The number of halogens is 1. The summed E-state index contributed by atoms with van der Waals surface area (Å²) in [6.45, 7) is 2.57. The fourth-order valence-corrected chi connectivity index (χ4v) is 3.12. The highest BCUT2D eigenvalue weighted by molar-refractivity contribution is 7.89. The van der Waals surface area contributed by atoms with Gasteiger partial charge in [0.15, 0.2) is 0 Å². The third kappa shape index (κ3) is 3.50. The summed E-state index contributed by atoms with van der Waals surface area (Å²) in [6.07, 6.45) is 3.55. The van der Waals surface area contributed by atoms with Gasteiger partial charge in [0, 0.05) is 17.8 Å². The van der Waals surface area contributed by atoms with Crippen LogP contribution in [0.3, 0.4) is 0 Å². The van der Waals surface area contributed by atoms with E-state index in [2.05, 4.69) is 9.82 Å². The Balaban J connectivity index is 2.06. The van der Waals surface area contributed by atoms with E-state index in [0.29, 0.717) is 11.6 Å². The van der Waals surface area contributed by atoms with E-state index in [-0.39, 0.29) is 17.1 Å². The highest BCUT2D eigenvalue weighted by atomic mass is 35.5. The summed E-state index contributed by atoms with van der Waals surface area (Å²) in [6, 6.07) is 4.34. The van der Waals surface area contributed by atoms with Gasteiger partial charge in [-0.2, -0.15) is 5.10 Å². The first-order valence-corrected chi connectivity index (χ1v) is 7.78. The summed E-state index contributed by atoms with van der Waals surface area (Å²) in [5.74, 6) is 0. The maximum Gasteiger partial charge on any atom is 0.242 e. The largest absolute Gasteiger partial charge is 0.398 e. The SMILES string of the molecule is Cc1cnn(CCNS(=O)(=O)c2cc(Cl)ccc2N)c1. The van der Waals surface area contributed by atoms with E-state index in [9.17, 15) is 8.42 Å². The number of hydrogen-bond acceptors (Lipinski definition) is 4. The van der Waals surface area contributed by atoms with Crippen molar-refractivity contribution in [2.45, 2.75) is 18.4 Å². The van der Waals surface area contributed by atoms with E-state index in [1.165, 1.54) is 12.1 Å². The summed E-state index contributed by atoms with van der Waals surface area (Å²) in [5, 5.41) is 4.40. The van der Waals surface area contributed by atoms with Crippen molar-refractivity contribution in [2.24, 2.45) is 0 Å². The number of hydrogen-bond donors (Lipinski definition) is 2. The zero-order valence-corrected chi connectivity index (χ0v) is 12.4. The monoisotopic (exact) mass is 314 g/mol. The molecule has 0 aliphatic carbocycles. The van der Waals surface area contributed by atoms with Gasteiger partial charge in [-0.25, -0.2) is 13.1 Å². The predicted octanol–water partition coefficient (Wildman–Crippen LogP) is 1.41. The van der Waals surface area contributed by atoms with Gasteiger partial charge in [-0.05, 0) is 30.7 Å². The number of nitrogens with two attached hydrogens (primary N) is 1. The summed E-state index contributed by atoms with van der Waals surface area (Å²) in [5.41, 5.74) is 6.85. The Morgan fingerprint density at radius 3 is 2.85 bits per heavy atom. The molecule has 1 aromatic heterocycles. The van der Waals surface area contributed by atoms with Crippen LogP contribution >= 0.6 is 11.6 Å². The zero-order chi connectivity index (χ0) is 14.8. The highest BCUT2D eigenvalue weighted by Gasteiger charge is 2.17. The average molecular weight is 315 g/mol. The molecule has 0 radical (unpaired) electrons. The minimum atomic E-state index is -3.68. The molecule has 8 heteroatoms.